The smallest absolute Gasteiger partial charge is 0.253 e. The van der Waals surface area contributed by atoms with Crippen LogP contribution >= 0.6 is 0 Å². The molecule has 0 bridgehead atoms. The SMILES string of the molecule is CC(C)(C)c1cc(=O)n(CC2CCN(c3nccnc3C3CC3)CC2)cn1. The highest BCUT2D eigenvalue weighted by atomic mass is 16.1. The van der Waals surface area contributed by atoms with E-state index in [4.69, 9.17) is 0 Å². The average Bonchev–Trinajstić information content (AvgIpc) is 3.48. The molecule has 0 amide bonds. The Bertz CT molecular complexity index is 857. The maximum absolute atomic E-state index is 12.5. The Morgan fingerprint density at radius 3 is 2.37 bits per heavy atom. The molecule has 6 nitrogen and oxygen atoms in total. The Morgan fingerprint density at radius 2 is 1.74 bits per heavy atom. The van der Waals surface area contributed by atoms with Gasteiger partial charge in [-0.15, -0.1) is 0 Å². The Balaban J connectivity index is 1.40. The van der Waals surface area contributed by atoms with E-state index in [2.05, 4.69) is 40.6 Å². The molecule has 2 aromatic rings. The zero-order valence-electron chi connectivity index (χ0n) is 16.6. The van der Waals surface area contributed by atoms with Gasteiger partial charge in [0.05, 0.1) is 17.7 Å². The van der Waals surface area contributed by atoms with E-state index in [0.717, 1.165) is 44.0 Å². The van der Waals surface area contributed by atoms with E-state index in [0.29, 0.717) is 11.8 Å². The third-order valence-electron chi connectivity index (χ3n) is 5.69. The highest BCUT2D eigenvalue weighted by Crippen LogP contribution is 2.42. The van der Waals surface area contributed by atoms with Crippen LogP contribution in [0.3, 0.4) is 0 Å². The average molecular weight is 367 g/mol. The van der Waals surface area contributed by atoms with Crippen LogP contribution < -0.4 is 10.5 Å². The molecule has 6 heteroatoms. The molecule has 2 aromatic heterocycles. The monoisotopic (exact) mass is 367 g/mol. The molecule has 2 aliphatic rings. The molecule has 0 atom stereocenters. The van der Waals surface area contributed by atoms with Gasteiger partial charge in [0.15, 0.2) is 5.82 Å². The summed E-state index contributed by atoms with van der Waals surface area (Å²) in [5.74, 6) is 2.19. The van der Waals surface area contributed by atoms with Gasteiger partial charge in [0.1, 0.15) is 0 Å². The maximum Gasteiger partial charge on any atom is 0.253 e. The first kappa shape index (κ1) is 18.1. The fourth-order valence-corrected chi connectivity index (χ4v) is 3.81. The van der Waals surface area contributed by atoms with Crippen LogP contribution in [0.1, 0.15) is 63.8 Å². The van der Waals surface area contributed by atoms with Gasteiger partial charge >= 0.3 is 0 Å². The molecule has 0 aromatic carbocycles. The van der Waals surface area contributed by atoms with E-state index in [-0.39, 0.29) is 11.0 Å². The lowest BCUT2D eigenvalue weighted by atomic mass is 9.92. The van der Waals surface area contributed by atoms with Crippen LogP contribution in [0.15, 0.2) is 29.6 Å². The van der Waals surface area contributed by atoms with Gasteiger partial charge in [-0.3, -0.25) is 14.3 Å². The number of hydrogen-bond donors (Lipinski definition) is 0. The van der Waals surface area contributed by atoms with Crippen molar-refractivity contribution in [2.45, 2.75) is 64.3 Å². The zero-order valence-corrected chi connectivity index (χ0v) is 16.6. The van der Waals surface area contributed by atoms with Crippen LogP contribution in [0.25, 0.3) is 0 Å². The van der Waals surface area contributed by atoms with E-state index in [1.54, 1.807) is 23.2 Å². The fraction of sp³-hybridized carbons (Fsp3) is 0.619. The Morgan fingerprint density at radius 1 is 1.04 bits per heavy atom. The van der Waals surface area contributed by atoms with E-state index in [1.807, 2.05) is 6.20 Å². The van der Waals surface area contributed by atoms with Crippen LogP contribution in [0, 0.1) is 5.92 Å². The molecule has 0 unspecified atom stereocenters. The summed E-state index contributed by atoms with van der Waals surface area (Å²) in [7, 11) is 0. The van der Waals surface area contributed by atoms with Crippen molar-refractivity contribution in [3.8, 4) is 0 Å². The molecule has 1 aliphatic carbocycles. The molecule has 27 heavy (non-hydrogen) atoms. The number of hydrogen-bond acceptors (Lipinski definition) is 5. The van der Waals surface area contributed by atoms with Gasteiger partial charge in [-0.25, -0.2) is 9.97 Å². The van der Waals surface area contributed by atoms with Crippen molar-refractivity contribution in [2.24, 2.45) is 5.92 Å². The number of nitrogens with zero attached hydrogens (tertiary/aromatic N) is 5. The second-order valence-electron chi connectivity index (χ2n) is 8.98. The molecule has 2 fully saturated rings. The van der Waals surface area contributed by atoms with E-state index in [1.165, 1.54) is 18.5 Å². The highest BCUT2D eigenvalue weighted by molar-refractivity contribution is 5.46. The first-order valence-corrected chi connectivity index (χ1v) is 10.0. The van der Waals surface area contributed by atoms with Crippen molar-refractivity contribution < 1.29 is 0 Å². The Labute approximate surface area is 160 Å². The maximum atomic E-state index is 12.5. The Hall–Kier alpha value is -2.24. The summed E-state index contributed by atoms with van der Waals surface area (Å²) in [6.45, 7) is 8.95. The number of rotatable bonds is 4. The Kier molecular flexibility index (Phi) is 4.74. The predicted molar refractivity (Wildman–Crippen MR) is 106 cm³/mol. The number of piperidine rings is 1. The van der Waals surface area contributed by atoms with Crippen LogP contribution in [0.5, 0.6) is 0 Å². The first-order valence-electron chi connectivity index (χ1n) is 10.0. The number of anilines is 1. The molecule has 4 rings (SSSR count). The van der Waals surface area contributed by atoms with Gasteiger partial charge in [0.25, 0.3) is 5.56 Å². The largest absolute Gasteiger partial charge is 0.355 e. The number of aromatic nitrogens is 4. The lowest BCUT2D eigenvalue weighted by Gasteiger charge is -2.33. The van der Waals surface area contributed by atoms with E-state index < -0.39 is 0 Å². The normalized spacial score (nSPS) is 18.7. The highest BCUT2D eigenvalue weighted by Gasteiger charge is 2.31. The standard InChI is InChI=1S/C21H29N5O/c1-21(2,3)17-12-18(27)26(14-24-17)13-15-6-10-25(11-7-15)20-19(16-4-5-16)22-8-9-23-20/h8-9,12,14-16H,4-7,10-11,13H2,1-3H3. The van der Waals surface area contributed by atoms with Crippen LogP contribution in [0.4, 0.5) is 5.82 Å². The molecule has 1 saturated heterocycles. The second-order valence-corrected chi connectivity index (χ2v) is 8.98. The van der Waals surface area contributed by atoms with Crippen LogP contribution in [0.2, 0.25) is 0 Å². The predicted octanol–water partition coefficient (Wildman–Crippen LogP) is 3.12. The molecule has 0 spiro atoms. The minimum atomic E-state index is -0.0976. The molecule has 0 radical (unpaired) electrons. The topological polar surface area (TPSA) is 63.9 Å². The van der Waals surface area contributed by atoms with Crippen LogP contribution in [-0.2, 0) is 12.0 Å². The summed E-state index contributed by atoms with van der Waals surface area (Å²) < 4.78 is 1.77. The van der Waals surface area contributed by atoms with Crippen molar-refractivity contribution in [3.63, 3.8) is 0 Å². The minimum Gasteiger partial charge on any atom is -0.355 e. The van der Waals surface area contributed by atoms with Gasteiger partial charge in [0, 0.05) is 49.4 Å². The lowest BCUT2D eigenvalue weighted by Crippen LogP contribution is -2.37. The second kappa shape index (κ2) is 7.06. The summed E-state index contributed by atoms with van der Waals surface area (Å²) in [5, 5.41) is 0. The van der Waals surface area contributed by atoms with Gasteiger partial charge in [-0.05, 0) is 31.6 Å². The summed E-state index contributed by atoms with van der Waals surface area (Å²) in [6.07, 6.45) is 9.94. The van der Waals surface area contributed by atoms with Gasteiger partial charge < -0.3 is 4.90 Å². The van der Waals surface area contributed by atoms with Gasteiger partial charge in [-0.1, -0.05) is 20.8 Å². The molecule has 1 aliphatic heterocycles. The van der Waals surface area contributed by atoms with Crippen molar-refractivity contribution in [1.82, 2.24) is 19.5 Å². The van der Waals surface area contributed by atoms with E-state index >= 15 is 0 Å². The summed E-state index contributed by atoms with van der Waals surface area (Å²) in [4.78, 5) is 28.6. The molecule has 0 N–H and O–H groups in total. The summed E-state index contributed by atoms with van der Waals surface area (Å²) >= 11 is 0. The zero-order chi connectivity index (χ0) is 19.0. The molecule has 3 heterocycles. The van der Waals surface area contributed by atoms with E-state index in [9.17, 15) is 4.79 Å². The fourth-order valence-electron chi connectivity index (χ4n) is 3.81. The van der Waals surface area contributed by atoms with Crippen molar-refractivity contribution in [3.05, 3.63) is 46.5 Å². The summed E-state index contributed by atoms with van der Waals surface area (Å²) in [6, 6.07) is 1.69. The lowest BCUT2D eigenvalue weighted by molar-refractivity contribution is 0.348. The van der Waals surface area contributed by atoms with Crippen molar-refractivity contribution in [2.75, 3.05) is 18.0 Å². The third kappa shape index (κ3) is 4.04. The quantitative estimate of drug-likeness (QED) is 0.831. The van der Waals surface area contributed by atoms with Crippen LogP contribution in [-0.4, -0.2) is 32.6 Å². The first-order chi connectivity index (χ1) is 12.9. The molecule has 1 saturated carbocycles. The van der Waals surface area contributed by atoms with Gasteiger partial charge in [0.2, 0.25) is 0 Å². The molecule has 144 valence electrons. The van der Waals surface area contributed by atoms with Crippen molar-refractivity contribution >= 4 is 5.82 Å². The minimum absolute atomic E-state index is 0.0577. The van der Waals surface area contributed by atoms with Gasteiger partial charge in [-0.2, -0.15) is 0 Å². The third-order valence-corrected chi connectivity index (χ3v) is 5.69. The molecular formula is C21H29N5O. The summed E-state index contributed by atoms with van der Waals surface area (Å²) in [5.41, 5.74) is 1.99. The van der Waals surface area contributed by atoms with Crippen molar-refractivity contribution in [1.29, 1.82) is 0 Å². The molecular weight excluding hydrogens is 338 g/mol.